The number of phosphoric acid groups is 1. The number of hydrogen-bond acceptors (Lipinski definition) is 5. The second-order valence-electron chi connectivity index (χ2n) is 21.7. The number of likely N-dealkylation sites (N-methyl/N-ethyl adjacent to an activating group) is 1. The fraction of sp³-hybridized carbons (Fsp3) is 0.915. The predicted molar refractivity (Wildman–Crippen MR) is 295 cm³/mol. The van der Waals surface area contributed by atoms with E-state index in [1.165, 1.54) is 238 Å². The van der Waals surface area contributed by atoms with Crippen LogP contribution in [0.5, 0.6) is 0 Å². The Labute approximate surface area is 424 Å². The van der Waals surface area contributed by atoms with Gasteiger partial charge in [-0.2, -0.15) is 0 Å². The Hall–Kier alpha value is -1.02. The van der Waals surface area contributed by atoms with Gasteiger partial charge in [-0.05, 0) is 44.9 Å². The van der Waals surface area contributed by atoms with Gasteiger partial charge in [-0.1, -0.05) is 269 Å². The minimum Gasteiger partial charge on any atom is -0.387 e. The summed E-state index contributed by atoms with van der Waals surface area (Å²) in [6.45, 7) is 4.86. The second-order valence-corrected chi connectivity index (χ2v) is 23.2. The summed E-state index contributed by atoms with van der Waals surface area (Å²) in [6.07, 6.45) is 64.2. The first kappa shape index (κ1) is 67.0. The van der Waals surface area contributed by atoms with Gasteiger partial charge < -0.3 is 19.8 Å². The maximum absolute atomic E-state index is 13.0. The van der Waals surface area contributed by atoms with Crippen molar-refractivity contribution in [2.45, 2.75) is 309 Å². The molecule has 0 saturated carbocycles. The highest BCUT2D eigenvalue weighted by Gasteiger charge is 2.27. The van der Waals surface area contributed by atoms with E-state index >= 15 is 0 Å². The van der Waals surface area contributed by atoms with Crippen LogP contribution in [0, 0.1) is 0 Å². The molecule has 3 N–H and O–H groups in total. The molecule has 0 heterocycles. The van der Waals surface area contributed by atoms with E-state index in [9.17, 15) is 19.4 Å². The molecule has 0 bridgehead atoms. The number of nitrogens with one attached hydrogen (secondary N) is 1. The lowest BCUT2D eigenvalue weighted by Gasteiger charge is -2.25. The van der Waals surface area contributed by atoms with Crippen LogP contribution in [-0.4, -0.2) is 73.4 Å². The lowest BCUT2D eigenvalue weighted by atomic mass is 10.0. The quantitative estimate of drug-likeness (QED) is 0.0243. The molecular weight excluding hydrogens is 864 g/mol. The van der Waals surface area contributed by atoms with Gasteiger partial charge in [0.2, 0.25) is 5.91 Å². The molecule has 9 heteroatoms. The molecule has 0 saturated heterocycles. The van der Waals surface area contributed by atoms with E-state index in [0.717, 1.165) is 38.5 Å². The van der Waals surface area contributed by atoms with Crippen molar-refractivity contribution in [1.29, 1.82) is 0 Å². The number of hydrogen-bond donors (Lipinski definition) is 3. The van der Waals surface area contributed by atoms with Crippen LogP contribution in [-0.2, 0) is 18.4 Å². The smallest absolute Gasteiger partial charge is 0.387 e. The van der Waals surface area contributed by atoms with Crippen LogP contribution >= 0.6 is 7.82 Å². The number of rotatable bonds is 55. The number of nitrogens with zero attached hydrogens (tertiary/aromatic N) is 1. The number of unbranched alkanes of at least 4 members (excludes halogenated alkanes) is 40. The zero-order valence-electron chi connectivity index (χ0n) is 46.1. The average molecular weight is 983 g/mol. The van der Waals surface area contributed by atoms with Gasteiger partial charge in [0.25, 0.3) is 0 Å². The van der Waals surface area contributed by atoms with Gasteiger partial charge in [0.15, 0.2) is 0 Å². The Morgan fingerprint density at radius 3 is 1.13 bits per heavy atom. The Balaban J connectivity index is 4.19. The molecule has 1 amide bonds. The summed E-state index contributed by atoms with van der Waals surface area (Å²) in [5.41, 5.74) is 0. The van der Waals surface area contributed by atoms with Gasteiger partial charge in [0.1, 0.15) is 13.2 Å². The first-order valence-corrected chi connectivity index (χ1v) is 31.2. The average Bonchev–Trinajstić information content (AvgIpc) is 3.30. The van der Waals surface area contributed by atoms with Crippen LogP contribution in [0.3, 0.4) is 0 Å². The number of amides is 1. The van der Waals surface area contributed by atoms with Gasteiger partial charge >= 0.3 is 7.82 Å². The number of aliphatic hydroxyl groups excluding tert-OH is 1. The van der Waals surface area contributed by atoms with Crippen molar-refractivity contribution in [3.05, 3.63) is 24.3 Å². The maximum atomic E-state index is 13.0. The predicted octanol–water partition coefficient (Wildman–Crippen LogP) is 18.0. The number of carbonyl (C=O) groups is 1. The van der Waals surface area contributed by atoms with Gasteiger partial charge in [0.05, 0.1) is 39.9 Å². The maximum Gasteiger partial charge on any atom is 0.472 e. The molecule has 404 valence electrons. The monoisotopic (exact) mass is 982 g/mol. The minimum atomic E-state index is -4.35. The van der Waals surface area contributed by atoms with Crippen LogP contribution in [0.4, 0.5) is 0 Å². The summed E-state index contributed by atoms with van der Waals surface area (Å²) in [5.74, 6) is -0.177. The Bertz CT molecular complexity index is 1160. The highest BCUT2D eigenvalue weighted by Crippen LogP contribution is 2.43. The fourth-order valence-electron chi connectivity index (χ4n) is 8.98. The van der Waals surface area contributed by atoms with Crippen LogP contribution < -0.4 is 5.32 Å². The molecule has 68 heavy (non-hydrogen) atoms. The van der Waals surface area contributed by atoms with Crippen molar-refractivity contribution >= 4 is 13.7 Å². The van der Waals surface area contributed by atoms with E-state index in [4.69, 9.17) is 9.05 Å². The normalized spacial score (nSPS) is 14.0. The molecule has 0 radical (unpaired) electrons. The van der Waals surface area contributed by atoms with E-state index in [1.54, 1.807) is 6.08 Å². The van der Waals surface area contributed by atoms with Crippen LogP contribution in [0.25, 0.3) is 0 Å². The summed E-state index contributed by atoms with van der Waals surface area (Å²) in [5, 5.41) is 14.0. The molecule has 3 unspecified atom stereocenters. The zero-order valence-corrected chi connectivity index (χ0v) is 47.0. The molecule has 0 aromatic heterocycles. The summed E-state index contributed by atoms with van der Waals surface area (Å²) in [7, 11) is 1.58. The third-order valence-corrected chi connectivity index (χ3v) is 14.6. The third-order valence-electron chi connectivity index (χ3n) is 13.7. The fourth-order valence-corrected chi connectivity index (χ4v) is 9.72. The molecule has 8 nitrogen and oxygen atoms in total. The van der Waals surface area contributed by atoms with E-state index in [2.05, 4.69) is 31.3 Å². The number of phosphoric ester groups is 1. The van der Waals surface area contributed by atoms with E-state index in [0.29, 0.717) is 17.4 Å². The van der Waals surface area contributed by atoms with Crippen molar-refractivity contribution in [3.8, 4) is 0 Å². The number of quaternary nitrogens is 1. The van der Waals surface area contributed by atoms with Gasteiger partial charge in [0, 0.05) is 6.42 Å². The molecule has 0 fully saturated rings. The standard InChI is InChI=1S/C59H117N2O6P/c1-6-8-10-12-14-16-18-20-22-24-26-28-30-31-32-34-36-38-40-42-44-46-48-50-52-58(62)57(56-67-68(64,65)66-55-54-61(3,4)5)60-59(63)53-51-49-47-45-43-41-39-37-35-33-29-27-25-23-21-19-17-15-13-11-9-7-2/h33,35,50,52,57-58,62H,6-32,34,36-49,51,53-56H2,1-5H3,(H-,60,63,64,65)/p+1/b35-33-,52-50+. The minimum absolute atomic E-state index is 0.0624. The van der Waals surface area contributed by atoms with E-state index in [-0.39, 0.29) is 19.1 Å². The summed E-state index contributed by atoms with van der Waals surface area (Å²) < 4.78 is 23.7. The van der Waals surface area contributed by atoms with Gasteiger partial charge in [-0.3, -0.25) is 13.8 Å². The van der Waals surface area contributed by atoms with Crippen LogP contribution in [0.1, 0.15) is 296 Å². The number of aliphatic hydroxyl groups is 1. The van der Waals surface area contributed by atoms with Crippen LogP contribution in [0.2, 0.25) is 0 Å². The first-order valence-electron chi connectivity index (χ1n) is 29.7. The Morgan fingerprint density at radius 1 is 0.485 bits per heavy atom. The SMILES string of the molecule is CCCCCCCCCCCCC/C=C\CCCCCCCCCC(=O)NC(COP(=O)(O)OCC[N+](C)(C)C)C(O)/C=C/CCCCCCCCCCCCCCCCCCCCCCCC. The van der Waals surface area contributed by atoms with Crippen LogP contribution in [0.15, 0.2) is 24.3 Å². The van der Waals surface area contributed by atoms with Gasteiger partial charge in [-0.15, -0.1) is 0 Å². The van der Waals surface area contributed by atoms with E-state index in [1.807, 2.05) is 27.2 Å². The van der Waals surface area contributed by atoms with E-state index < -0.39 is 20.0 Å². The van der Waals surface area contributed by atoms with Gasteiger partial charge in [-0.25, -0.2) is 4.57 Å². The summed E-state index contributed by atoms with van der Waals surface area (Å²) in [4.78, 5) is 23.3. The number of allylic oxidation sites excluding steroid dienone is 3. The van der Waals surface area contributed by atoms with Crippen molar-refractivity contribution in [2.24, 2.45) is 0 Å². The Kier molecular flexibility index (Phi) is 50.1. The molecule has 0 aliphatic rings. The highest BCUT2D eigenvalue weighted by molar-refractivity contribution is 7.47. The molecule has 0 aromatic carbocycles. The molecule has 0 aliphatic carbocycles. The Morgan fingerprint density at radius 2 is 0.794 bits per heavy atom. The molecule has 0 rings (SSSR count). The first-order chi connectivity index (χ1) is 33.0. The van der Waals surface area contributed by atoms with Crippen molar-refractivity contribution in [2.75, 3.05) is 40.9 Å². The molecule has 0 aromatic rings. The summed E-state index contributed by atoms with van der Waals surface area (Å²) >= 11 is 0. The zero-order chi connectivity index (χ0) is 49.9. The lowest BCUT2D eigenvalue weighted by Crippen LogP contribution is -2.45. The lowest BCUT2D eigenvalue weighted by molar-refractivity contribution is -0.870. The van der Waals surface area contributed by atoms with Crippen molar-refractivity contribution in [1.82, 2.24) is 5.32 Å². The highest BCUT2D eigenvalue weighted by atomic mass is 31.2. The second kappa shape index (κ2) is 50.9. The third kappa shape index (κ3) is 52.8. The van der Waals surface area contributed by atoms with Crippen molar-refractivity contribution < 1.29 is 32.9 Å². The molecule has 0 aliphatic heterocycles. The number of carbonyl (C=O) groups excluding carboxylic acids is 1. The molecular formula is C59H118N2O6P+. The van der Waals surface area contributed by atoms with Crippen molar-refractivity contribution in [3.63, 3.8) is 0 Å². The molecule has 0 spiro atoms. The summed E-state index contributed by atoms with van der Waals surface area (Å²) in [6, 6.07) is -0.848. The topological polar surface area (TPSA) is 105 Å². The molecule has 3 atom stereocenters. The largest absolute Gasteiger partial charge is 0.472 e.